The highest BCUT2D eigenvalue weighted by atomic mass is 35.5. The lowest BCUT2D eigenvalue weighted by molar-refractivity contribution is 0.0657. The SMILES string of the molecule is Cc1ccc(NC(=O)c2ccc(COC(C)C)cc2)cc1Cl. The molecule has 0 aliphatic carbocycles. The van der Waals surface area contributed by atoms with Crippen LogP contribution < -0.4 is 5.32 Å². The van der Waals surface area contributed by atoms with Gasteiger partial charge in [0, 0.05) is 16.3 Å². The molecule has 116 valence electrons. The number of nitrogens with one attached hydrogen (secondary N) is 1. The number of aryl methyl sites for hydroxylation is 1. The number of rotatable bonds is 5. The second-order valence-electron chi connectivity index (χ2n) is 5.47. The first-order valence-electron chi connectivity index (χ1n) is 7.24. The quantitative estimate of drug-likeness (QED) is 0.858. The van der Waals surface area contributed by atoms with Crippen molar-refractivity contribution in [2.75, 3.05) is 5.32 Å². The van der Waals surface area contributed by atoms with Crippen molar-refractivity contribution in [2.45, 2.75) is 33.5 Å². The second-order valence-corrected chi connectivity index (χ2v) is 5.88. The molecule has 0 unspecified atom stereocenters. The Morgan fingerprint density at radius 3 is 2.45 bits per heavy atom. The van der Waals surface area contributed by atoms with Gasteiger partial charge in [-0.3, -0.25) is 4.79 Å². The maximum Gasteiger partial charge on any atom is 0.255 e. The van der Waals surface area contributed by atoms with E-state index in [1.54, 1.807) is 18.2 Å². The summed E-state index contributed by atoms with van der Waals surface area (Å²) in [6, 6.07) is 12.9. The number of carbonyl (C=O) groups excluding carboxylic acids is 1. The maximum atomic E-state index is 12.2. The van der Waals surface area contributed by atoms with Gasteiger partial charge in [-0.05, 0) is 56.2 Å². The van der Waals surface area contributed by atoms with Crippen LogP contribution in [0.5, 0.6) is 0 Å². The summed E-state index contributed by atoms with van der Waals surface area (Å²) in [6.07, 6.45) is 0.189. The van der Waals surface area contributed by atoms with Crippen LogP contribution in [0.3, 0.4) is 0 Å². The fraction of sp³-hybridized carbons (Fsp3) is 0.278. The highest BCUT2D eigenvalue weighted by Gasteiger charge is 2.07. The molecule has 0 aliphatic rings. The Bertz CT molecular complexity index is 651. The van der Waals surface area contributed by atoms with Crippen LogP contribution in [0.4, 0.5) is 5.69 Å². The van der Waals surface area contributed by atoms with E-state index in [-0.39, 0.29) is 12.0 Å². The Morgan fingerprint density at radius 2 is 1.86 bits per heavy atom. The van der Waals surface area contributed by atoms with Crippen LogP contribution in [0.15, 0.2) is 42.5 Å². The van der Waals surface area contributed by atoms with E-state index in [9.17, 15) is 4.79 Å². The molecule has 0 radical (unpaired) electrons. The van der Waals surface area contributed by atoms with Crippen molar-refractivity contribution in [2.24, 2.45) is 0 Å². The van der Waals surface area contributed by atoms with Gasteiger partial charge in [-0.1, -0.05) is 29.8 Å². The van der Waals surface area contributed by atoms with Crippen molar-refractivity contribution in [1.29, 1.82) is 0 Å². The molecule has 1 N–H and O–H groups in total. The minimum Gasteiger partial charge on any atom is -0.374 e. The Kier molecular flexibility index (Phi) is 5.58. The molecule has 0 saturated heterocycles. The van der Waals surface area contributed by atoms with E-state index in [1.165, 1.54) is 0 Å². The Hall–Kier alpha value is -1.84. The summed E-state index contributed by atoms with van der Waals surface area (Å²) in [5, 5.41) is 3.48. The third-order valence-corrected chi connectivity index (χ3v) is 3.64. The first-order valence-corrected chi connectivity index (χ1v) is 7.61. The molecule has 0 bridgehead atoms. The molecule has 0 aliphatic heterocycles. The summed E-state index contributed by atoms with van der Waals surface area (Å²) < 4.78 is 5.53. The predicted octanol–water partition coefficient (Wildman–Crippen LogP) is 4.83. The fourth-order valence-electron chi connectivity index (χ4n) is 1.89. The first kappa shape index (κ1) is 16.5. The average Bonchev–Trinajstić information content (AvgIpc) is 2.49. The number of carbonyl (C=O) groups is 1. The van der Waals surface area contributed by atoms with E-state index >= 15 is 0 Å². The molecule has 4 heteroatoms. The summed E-state index contributed by atoms with van der Waals surface area (Å²) in [6.45, 7) is 6.46. The second kappa shape index (κ2) is 7.43. The Morgan fingerprint density at radius 1 is 1.18 bits per heavy atom. The van der Waals surface area contributed by atoms with Crippen LogP contribution in [-0.2, 0) is 11.3 Å². The Balaban J connectivity index is 2.01. The van der Waals surface area contributed by atoms with Crippen molar-refractivity contribution < 1.29 is 9.53 Å². The smallest absolute Gasteiger partial charge is 0.255 e. The van der Waals surface area contributed by atoms with E-state index in [2.05, 4.69) is 5.32 Å². The minimum absolute atomic E-state index is 0.156. The molecule has 3 nitrogen and oxygen atoms in total. The van der Waals surface area contributed by atoms with Gasteiger partial charge in [0.05, 0.1) is 12.7 Å². The molecule has 0 heterocycles. The monoisotopic (exact) mass is 317 g/mol. The minimum atomic E-state index is -0.156. The third-order valence-electron chi connectivity index (χ3n) is 3.23. The van der Waals surface area contributed by atoms with Crippen LogP contribution in [-0.4, -0.2) is 12.0 Å². The number of amides is 1. The summed E-state index contributed by atoms with van der Waals surface area (Å²) in [5.74, 6) is -0.156. The van der Waals surface area contributed by atoms with Crippen LogP contribution in [0.1, 0.15) is 35.3 Å². The van der Waals surface area contributed by atoms with E-state index < -0.39 is 0 Å². The zero-order valence-corrected chi connectivity index (χ0v) is 13.8. The third kappa shape index (κ3) is 4.58. The first-order chi connectivity index (χ1) is 10.5. The number of hydrogen-bond donors (Lipinski definition) is 1. The van der Waals surface area contributed by atoms with Crippen LogP contribution in [0, 0.1) is 6.92 Å². The molecule has 0 spiro atoms. The molecule has 2 aromatic carbocycles. The van der Waals surface area contributed by atoms with Crippen molar-refractivity contribution in [1.82, 2.24) is 0 Å². The number of hydrogen-bond acceptors (Lipinski definition) is 2. The van der Waals surface area contributed by atoms with E-state index in [0.29, 0.717) is 22.9 Å². The van der Waals surface area contributed by atoms with Gasteiger partial charge in [0.15, 0.2) is 0 Å². The molecule has 0 aromatic heterocycles. The standard InChI is InChI=1S/C18H20ClNO2/c1-12(2)22-11-14-5-7-15(8-6-14)18(21)20-16-9-4-13(3)17(19)10-16/h4-10,12H,11H2,1-3H3,(H,20,21). The Labute approximate surface area is 136 Å². The highest BCUT2D eigenvalue weighted by Crippen LogP contribution is 2.20. The van der Waals surface area contributed by atoms with E-state index in [4.69, 9.17) is 16.3 Å². The summed E-state index contributed by atoms with van der Waals surface area (Å²) >= 11 is 6.06. The van der Waals surface area contributed by atoms with Gasteiger partial charge in [-0.15, -0.1) is 0 Å². The molecule has 0 atom stereocenters. The average molecular weight is 318 g/mol. The fourth-order valence-corrected chi connectivity index (χ4v) is 2.07. The van der Waals surface area contributed by atoms with Gasteiger partial charge in [-0.2, -0.15) is 0 Å². The van der Waals surface area contributed by atoms with Gasteiger partial charge in [0.1, 0.15) is 0 Å². The largest absolute Gasteiger partial charge is 0.374 e. The zero-order valence-electron chi connectivity index (χ0n) is 13.0. The number of benzene rings is 2. The van der Waals surface area contributed by atoms with E-state index in [1.807, 2.05) is 45.0 Å². The molecule has 2 rings (SSSR count). The molecule has 22 heavy (non-hydrogen) atoms. The summed E-state index contributed by atoms with van der Waals surface area (Å²) in [7, 11) is 0. The molecule has 0 saturated carbocycles. The highest BCUT2D eigenvalue weighted by molar-refractivity contribution is 6.31. The number of halogens is 1. The molecule has 1 amide bonds. The van der Waals surface area contributed by atoms with Gasteiger partial charge in [-0.25, -0.2) is 0 Å². The number of anilines is 1. The molecule has 0 fully saturated rings. The normalized spacial score (nSPS) is 10.8. The lowest BCUT2D eigenvalue weighted by atomic mass is 10.1. The zero-order chi connectivity index (χ0) is 16.1. The molecule has 2 aromatic rings. The van der Waals surface area contributed by atoms with Gasteiger partial charge >= 0.3 is 0 Å². The van der Waals surface area contributed by atoms with Crippen molar-refractivity contribution in [3.05, 3.63) is 64.2 Å². The maximum absolute atomic E-state index is 12.2. The van der Waals surface area contributed by atoms with Gasteiger partial charge in [0.25, 0.3) is 5.91 Å². The molecular weight excluding hydrogens is 298 g/mol. The van der Waals surface area contributed by atoms with Crippen molar-refractivity contribution in [3.8, 4) is 0 Å². The number of ether oxygens (including phenoxy) is 1. The lowest BCUT2D eigenvalue weighted by Gasteiger charge is -2.09. The summed E-state index contributed by atoms with van der Waals surface area (Å²) in [5.41, 5.74) is 3.32. The van der Waals surface area contributed by atoms with Gasteiger partial charge < -0.3 is 10.1 Å². The van der Waals surface area contributed by atoms with E-state index in [0.717, 1.165) is 11.1 Å². The predicted molar refractivity (Wildman–Crippen MR) is 90.5 cm³/mol. The van der Waals surface area contributed by atoms with Crippen LogP contribution in [0.25, 0.3) is 0 Å². The van der Waals surface area contributed by atoms with Crippen molar-refractivity contribution in [3.63, 3.8) is 0 Å². The summed E-state index contributed by atoms with van der Waals surface area (Å²) in [4.78, 5) is 12.2. The van der Waals surface area contributed by atoms with Crippen LogP contribution >= 0.6 is 11.6 Å². The molecular formula is C18H20ClNO2. The lowest BCUT2D eigenvalue weighted by Crippen LogP contribution is -2.12. The van der Waals surface area contributed by atoms with Gasteiger partial charge in [0.2, 0.25) is 0 Å². The topological polar surface area (TPSA) is 38.3 Å². The van der Waals surface area contributed by atoms with Crippen molar-refractivity contribution >= 4 is 23.2 Å². The van der Waals surface area contributed by atoms with Crippen LogP contribution in [0.2, 0.25) is 5.02 Å².